The Hall–Kier alpha value is 0.310. The quantitative estimate of drug-likeness (QED) is 0.677. The molecular formula is C8H17NS. The van der Waals surface area contributed by atoms with Crippen molar-refractivity contribution in [2.24, 2.45) is 11.7 Å². The van der Waals surface area contributed by atoms with Crippen molar-refractivity contribution < 1.29 is 0 Å². The fourth-order valence-corrected chi connectivity index (χ4v) is 2.09. The van der Waals surface area contributed by atoms with E-state index in [-0.39, 0.29) is 0 Å². The highest BCUT2D eigenvalue weighted by Gasteiger charge is 2.41. The van der Waals surface area contributed by atoms with E-state index in [0.717, 1.165) is 12.5 Å². The lowest BCUT2D eigenvalue weighted by Crippen LogP contribution is -2.19. The Morgan fingerprint density at radius 3 is 2.40 bits per heavy atom. The molecule has 0 bridgehead atoms. The minimum absolute atomic E-state index is 0.518. The summed E-state index contributed by atoms with van der Waals surface area (Å²) in [6.45, 7) is 5.41. The van der Waals surface area contributed by atoms with Crippen LogP contribution < -0.4 is 5.73 Å². The third-order valence-corrected chi connectivity index (χ3v) is 3.92. The lowest BCUT2D eigenvalue weighted by atomic mass is 10.3. The van der Waals surface area contributed by atoms with E-state index in [2.05, 4.69) is 25.6 Å². The summed E-state index contributed by atoms with van der Waals surface area (Å²) in [6.07, 6.45) is 2.70. The van der Waals surface area contributed by atoms with E-state index in [1.165, 1.54) is 18.6 Å². The molecule has 0 aromatic rings. The molecule has 10 heavy (non-hydrogen) atoms. The Bertz CT molecular complexity index is 108. The first kappa shape index (κ1) is 8.41. The summed E-state index contributed by atoms with van der Waals surface area (Å²) < 4.78 is 0.518. The Morgan fingerprint density at radius 1 is 1.50 bits per heavy atom. The largest absolute Gasteiger partial charge is 0.329 e. The summed E-state index contributed by atoms with van der Waals surface area (Å²) in [6, 6.07) is 0. The van der Waals surface area contributed by atoms with Gasteiger partial charge in [0.1, 0.15) is 0 Å². The highest BCUT2D eigenvalue weighted by molar-refractivity contribution is 8.01. The molecule has 0 aromatic heterocycles. The fourth-order valence-electron chi connectivity index (χ4n) is 0.890. The van der Waals surface area contributed by atoms with E-state index >= 15 is 0 Å². The number of rotatable bonds is 4. The van der Waals surface area contributed by atoms with Gasteiger partial charge in [0.05, 0.1) is 0 Å². The Labute approximate surface area is 67.8 Å². The summed E-state index contributed by atoms with van der Waals surface area (Å²) in [5.74, 6) is 2.09. The van der Waals surface area contributed by atoms with Gasteiger partial charge < -0.3 is 5.73 Å². The van der Waals surface area contributed by atoms with Gasteiger partial charge in [-0.1, -0.05) is 13.8 Å². The van der Waals surface area contributed by atoms with Gasteiger partial charge in [0.15, 0.2) is 0 Å². The van der Waals surface area contributed by atoms with Crippen LogP contribution in [0.5, 0.6) is 0 Å². The minimum atomic E-state index is 0.518. The van der Waals surface area contributed by atoms with Crippen LogP contribution in [0.2, 0.25) is 0 Å². The summed E-state index contributed by atoms with van der Waals surface area (Å²) in [5, 5.41) is 0. The van der Waals surface area contributed by atoms with E-state index in [9.17, 15) is 0 Å². The van der Waals surface area contributed by atoms with Crippen LogP contribution in [0.1, 0.15) is 26.7 Å². The van der Waals surface area contributed by atoms with Crippen molar-refractivity contribution in [3.8, 4) is 0 Å². The molecule has 1 aliphatic carbocycles. The Balaban J connectivity index is 2.13. The number of hydrogen-bond acceptors (Lipinski definition) is 2. The normalized spacial score (nSPS) is 21.6. The molecule has 0 atom stereocenters. The molecule has 1 fully saturated rings. The first-order valence-corrected chi connectivity index (χ1v) is 5.01. The van der Waals surface area contributed by atoms with Gasteiger partial charge in [-0.15, -0.1) is 0 Å². The Kier molecular flexibility index (Phi) is 2.64. The number of thioether (sulfide) groups is 1. The third-order valence-electron chi connectivity index (χ3n) is 1.90. The average Bonchev–Trinajstić information content (AvgIpc) is 2.64. The average molecular weight is 159 g/mol. The first-order chi connectivity index (χ1) is 4.68. The molecule has 0 aliphatic heterocycles. The van der Waals surface area contributed by atoms with Gasteiger partial charge >= 0.3 is 0 Å². The van der Waals surface area contributed by atoms with Crippen LogP contribution in [0.3, 0.4) is 0 Å². The molecule has 0 amide bonds. The third kappa shape index (κ3) is 2.17. The van der Waals surface area contributed by atoms with Gasteiger partial charge in [0, 0.05) is 11.3 Å². The van der Waals surface area contributed by atoms with Gasteiger partial charge in [-0.3, -0.25) is 0 Å². The van der Waals surface area contributed by atoms with E-state index in [1.807, 2.05) is 0 Å². The highest BCUT2D eigenvalue weighted by atomic mass is 32.2. The van der Waals surface area contributed by atoms with Crippen LogP contribution >= 0.6 is 11.8 Å². The van der Waals surface area contributed by atoms with Crippen LogP contribution in [-0.2, 0) is 0 Å². The predicted molar refractivity (Wildman–Crippen MR) is 48.3 cm³/mol. The molecule has 1 nitrogen and oxygen atoms in total. The van der Waals surface area contributed by atoms with E-state index in [4.69, 9.17) is 5.73 Å². The number of nitrogens with two attached hydrogens (primary N) is 1. The smallest absolute Gasteiger partial charge is 0.0283 e. The van der Waals surface area contributed by atoms with Crippen molar-refractivity contribution in [2.75, 3.05) is 12.3 Å². The second-order valence-electron chi connectivity index (χ2n) is 3.59. The molecule has 2 heteroatoms. The maximum absolute atomic E-state index is 5.63. The molecule has 60 valence electrons. The van der Waals surface area contributed by atoms with Crippen molar-refractivity contribution in [1.82, 2.24) is 0 Å². The van der Waals surface area contributed by atoms with Crippen molar-refractivity contribution in [1.29, 1.82) is 0 Å². The number of hydrogen-bond donors (Lipinski definition) is 1. The maximum Gasteiger partial charge on any atom is 0.0283 e. The zero-order valence-electron chi connectivity index (χ0n) is 6.89. The van der Waals surface area contributed by atoms with Gasteiger partial charge in [-0.05, 0) is 24.5 Å². The molecule has 1 aliphatic rings. The molecule has 1 rings (SSSR count). The molecule has 2 N–H and O–H groups in total. The van der Waals surface area contributed by atoms with Crippen molar-refractivity contribution in [3.63, 3.8) is 0 Å². The van der Waals surface area contributed by atoms with Gasteiger partial charge in [-0.25, -0.2) is 0 Å². The highest BCUT2D eigenvalue weighted by Crippen LogP contribution is 2.47. The topological polar surface area (TPSA) is 26.0 Å². The summed E-state index contributed by atoms with van der Waals surface area (Å²) in [5.41, 5.74) is 5.63. The second-order valence-corrected chi connectivity index (χ2v) is 5.08. The van der Waals surface area contributed by atoms with Crippen LogP contribution in [0.15, 0.2) is 0 Å². The molecule has 0 spiro atoms. The van der Waals surface area contributed by atoms with Crippen molar-refractivity contribution in [3.05, 3.63) is 0 Å². The lowest BCUT2D eigenvalue weighted by Gasteiger charge is -2.12. The molecule has 0 heterocycles. The molecule has 0 unspecified atom stereocenters. The lowest BCUT2D eigenvalue weighted by molar-refractivity contribution is 0.744. The monoisotopic (exact) mass is 159 g/mol. The zero-order chi connectivity index (χ0) is 7.61. The van der Waals surface area contributed by atoms with Crippen molar-refractivity contribution >= 4 is 11.8 Å². The maximum atomic E-state index is 5.63. The first-order valence-electron chi connectivity index (χ1n) is 4.02. The fraction of sp³-hybridized carbons (Fsp3) is 1.00. The van der Waals surface area contributed by atoms with Gasteiger partial charge in [0.2, 0.25) is 0 Å². The van der Waals surface area contributed by atoms with Crippen LogP contribution in [0, 0.1) is 5.92 Å². The van der Waals surface area contributed by atoms with E-state index in [0.29, 0.717) is 4.75 Å². The summed E-state index contributed by atoms with van der Waals surface area (Å²) >= 11 is 2.07. The minimum Gasteiger partial charge on any atom is -0.329 e. The summed E-state index contributed by atoms with van der Waals surface area (Å²) in [7, 11) is 0. The molecule has 0 saturated heterocycles. The standard InChI is InChI=1S/C8H17NS/c1-7(2)5-10-8(6-9)3-4-8/h7H,3-6,9H2,1-2H3. The van der Waals surface area contributed by atoms with Gasteiger partial charge in [0.25, 0.3) is 0 Å². The van der Waals surface area contributed by atoms with E-state index < -0.39 is 0 Å². The molecule has 0 aromatic carbocycles. The van der Waals surface area contributed by atoms with Gasteiger partial charge in [-0.2, -0.15) is 11.8 Å². The molecule has 1 saturated carbocycles. The Morgan fingerprint density at radius 2 is 2.10 bits per heavy atom. The summed E-state index contributed by atoms with van der Waals surface area (Å²) in [4.78, 5) is 0. The SMILES string of the molecule is CC(C)CSC1(CN)CC1. The van der Waals surface area contributed by atoms with Crippen LogP contribution in [-0.4, -0.2) is 17.0 Å². The zero-order valence-corrected chi connectivity index (χ0v) is 7.71. The second kappa shape index (κ2) is 3.14. The van der Waals surface area contributed by atoms with Crippen molar-refractivity contribution in [2.45, 2.75) is 31.4 Å². The van der Waals surface area contributed by atoms with E-state index in [1.54, 1.807) is 0 Å². The van der Waals surface area contributed by atoms with Crippen LogP contribution in [0.25, 0.3) is 0 Å². The molecule has 0 radical (unpaired) electrons. The molecular weight excluding hydrogens is 142 g/mol. The van der Waals surface area contributed by atoms with Crippen LogP contribution in [0.4, 0.5) is 0 Å². The predicted octanol–water partition coefficient (Wildman–Crippen LogP) is 1.87.